The van der Waals surface area contributed by atoms with E-state index in [2.05, 4.69) is 12.2 Å². The molecule has 0 aliphatic heterocycles. The third-order valence-corrected chi connectivity index (χ3v) is 4.33. The minimum atomic E-state index is -0.223. The van der Waals surface area contributed by atoms with E-state index in [4.69, 9.17) is 5.73 Å². The summed E-state index contributed by atoms with van der Waals surface area (Å²) < 4.78 is 0. The molecule has 2 rings (SSSR count). The van der Waals surface area contributed by atoms with Crippen LogP contribution in [0.15, 0.2) is 0 Å². The molecule has 0 aromatic rings. The molecule has 3 N–H and O–H groups in total. The number of rotatable bonds is 5. The van der Waals surface area contributed by atoms with Crippen LogP contribution in [0, 0.1) is 11.3 Å². The van der Waals surface area contributed by atoms with E-state index in [9.17, 15) is 4.79 Å². The molecule has 100 valence electrons. The van der Waals surface area contributed by atoms with Crippen molar-refractivity contribution in [2.24, 2.45) is 17.1 Å². The monoisotopic (exact) mass is 260 g/mol. The van der Waals surface area contributed by atoms with Gasteiger partial charge in [0.1, 0.15) is 0 Å². The summed E-state index contributed by atoms with van der Waals surface area (Å²) in [7, 11) is 0. The van der Waals surface area contributed by atoms with E-state index in [1.165, 1.54) is 19.3 Å². The normalized spacial score (nSPS) is 29.5. The van der Waals surface area contributed by atoms with Crippen LogP contribution in [-0.2, 0) is 4.79 Å². The molecule has 3 nitrogen and oxygen atoms in total. The fourth-order valence-electron chi connectivity index (χ4n) is 3.01. The molecule has 0 bridgehead atoms. The second kappa shape index (κ2) is 6.05. The van der Waals surface area contributed by atoms with Gasteiger partial charge in [-0.05, 0) is 31.6 Å². The van der Waals surface area contributed by atoms with Gasteiger partial charge in [-0.25, -0.2) is 0 Å². The van der Waals surface area contributed by atoms with Crippen LogP contribution in [0.5, 0.6) is 0 Å². The fraction of sp³-hybridized carbons (Fsp3) is 0.923. The molecule has 0 spiro atoms. The number of carbonyl (C=O) groups is 1. The number of hydrogen-bond donors (Lipinski definition) is 2. The fourth-order valence-corrected chi connectivity index (χ4v) is 3.01. The van der Waals surface area contributed by atoms with Gasteiger partial charge in [0.25, 0.3) is 0 Å². The van der Waals surface area contributed by atoms with Crippen molar-refractivity contribution in [3.05, 3.63) is 0 Å². The molecule has 4 heteroatoms. The van der Waals surface area contributed by atoms with Crippen molar-refractivity contribution >= 4 is 18.3 Å². The molecule has 2 aliphatic carbocycles. The molecule has 0 aromatic heterocycles. The van der Waals surface area contributed by atoms with E-state index in [-0.39, 0.29) is 23.7 Å². The first-order valence-corrected chi connectivity index (χ1v) is 6.73. The van der Waals surface area contributed by atoms with Gasteiger partial charge in [-0.1, -0.05) is 26.2 Å². The van der Waals surface area contributed by atoms with Gasteiger partial charge in [0.15, 0.2) is 0 Å². The molecular weight excluding hydrogens is 236 g/mol. The number of amides is 1. The highest BCUT2D eigenvalue weighted by atomic mass is 35.5. The highest BCUT2D eigenvalue weighted by Gasteiger charge is 2.44. The van der Waals surface area contributed by atoms with Gasteiger partial charge in [0, 0.05) is 12.6 Å². The zero-order valence-corrected chi connectivity index (χ0v) is 11.5. The minimum Gasteiger partial charge on any atom is -0.353 e. The van der Waals surface area contributed by atoms with Crippen molar-refractivity contribution in [2.75, 3.05) is 6.54 Å². The summed E-state index contributed by atoms with van der Waals surface area (Å²) in [5.41, 5.74) is 5.58. The van der Waals surface area contributed by atoms with Gasteiger partial charge >= 0.3 is 0 Å². The third-order valence-electron chi connectivity index (χ3n) is 4.33. The van der Waals surface area contributed by atoms with Crippen LogP contribution >= 0.6 is 12.4 Å². The largest absolute Gasteiger partial charge is 0.353 e. The van der Waals surface area contributed by atoms with E-state index >= 15 is 0 Å². The summed E-state index contributed by atoms with van der Waals surface area (Å²) in [5.74, 6) is 0.973. The summed E-state index contributed by atoms with van der Waals surface area (Å²) >= 11 is 0. The van der Waals surface area contributed by atoms with E-state index in [1.807, 2.05) is 0 Å². The Bertz CT molecular complexity index is 264. The summed E-state index contributed by atoms with van der Waals surface area (Å²) in [5, 5.41) is 3.20. The predicted octanol–water partition coefficient (Wildman–Crippen LogP) is 2.23. The Hall–Kier alpha value is -0.280. The zero-order valence-electron chi connectivity index (χ0n) is 10.7. The van der Waals surface area contributed by atoms with Crippen molar-refractivity contribution in [3.63, 3.8) is 0 Å². The summed E-state index contributed by atoms with van der Waals surface area (Å²) in [6.45, 7) is 2.72. The van der Waals surface area contributed by atoms with E-state index in [1.54, 1.807) is 0 Å². The summed E-state index contributed by atoms with van der Waals surface area (Å²) in [4.78, 5) is 12.2. The lowest BCUT2D eigenvalue weighted by atomic mass is 9.85. The summed E-state index contributed by atoms with van der Waals surface area (Å²) in [6.07, 6.45) is 7.95. The molecule has 2 unspecified atom stereocenters. The third kappa shape index (κ3) is 3.14. The number of nitrogens with two attached hydrogens (primary N) is 1. The van der Waals surface area contributed by atoms with E-state index in [0.717, 1.165) is 31.6 Å². The Morgan fingerprint density at radius 2 is 2.06 bits per heavy atom. The number of nitrogens with one attached hydrogen (secondary N) is 1. The average Bonchev–Trinajstić information content (AvgIpc) is 2.84. The first kappa shape index (κ1) is 14.8. The Labute approximate surface area is 110 Å². The van der Waals surface area contributed by atoms with Crippen LogP contribution < -0.4 is 11.1 Å². The molecule has 2 fully saturated rings. The van der Waals surface area contributed by atoms with E-state index in [0.29, 0.717) is 12.6 Å². The van der Waals surface area contributed by atoms with Gasteiger partial charge < -0.3 is 11.1 Å². The Kier molecular flexibility index (Phi) is 5.26. The quantitative estimate of drug-likeness (QED) is 0.797. The van der Waals surface area contributed by atoms with Crippen LogP contribution in [-0.4, -0.2) is 18.5 Å². The maximum Gasteiger partial charge on any atom is 0.227 e. The van der Waals surface area contributed by atoms with Gasteiger partial charge in [-0.3, -0.25) is 4.79 Å². The van der Waals surface area contributed by atoms with Crippen LogP contribution in [0.3, 0.4) is 0 Å². The second-order valence-electron chi connectivity index (χ2n) is 5.56. The van der Waals surface area contributed by atoms with Crippen molar-refractivity contribution in [2.45, 2.75) is 57.9 Å². The molecule has 0 aromatic carbocycles. The SMILES string of the molecule is CCCC1CC1NC(=O)C1(CN)CCCC1.Cl. The van der Waals surface area contributed by atoms with Gasteiger partial charge in [-0.15, -0.1) is 12.4 Å². The molecule has 2 aliphatic rings. The maximum absolute atomic E-state index is 12.2. The van der Waals surface area contributed by atoms with Crippen molar-refractivity contribution in [3.8, 4) is 0 Å². The van der Waals surface area contributed by atoms with Crippen molar-refractivity contribution in [1.82, 2.24) is 5.32 Å². The minimum absolute atomic E-state index is 0. The average molecular weight is 261 g/mol. The smallest absolute Gasteiger partial charge is 0.227 e. The number of carbonyl (C=O) groups excluding carboxylic acids is 1. The van der Waals surface area contributed by atoms with E-state index < -0.39 is 0 Å². The maximum atomic E-state index is 12.2. The molecule has 0 radical (unpaired) electrons. The molecular formula is C13H25ClN2O. The first-order chi connectivity index (χ1) is 7.72. The highest BCUT2D eigenvalue weighted by Crippen LogP contribution is 2.40. The predicted molar refractivity (Wildman–Crippen MR) is 72.1 cm³/mol. The molecule has 2 atom stereocenters. The molecule has 1 amide bonds. The van der Waals surface area contributed by atoms with Crippen LogP contribution in [0.4, 0.5) is 0 Å². The Morgan fingerprint density at radius 3 is 2.59 bits per heavy atom. The van der Waals surface area contributed by atoms with Crippen molar-refractivity contribution in [1.29, 1.82) is 0 Å². The lowest BCUT2D eigenvalue weighted by molar-refractivity contribution is -0.130. The second-order valence-corrected chi connectivity index (χ2v) is 5.56. The van der Waals surface area contributed by atoms with Crippen LogP contribution in [0.1, 0.15) is 51.9 Å². The van der Waals surface area contributed by atoms with Gasteiger partial charge in [0.2, 0.25) is 5.91 Å². The lowest BCUT2D eigenvalue weighted by Crippen LogP contribution is -2.45. The lowest BCUT2D eigenvalue weighted by Gasteiger charge is -2.25. The summed E-state index contributed by atoms with van der Waals surface area (Å²) in [6, 6.07) is 0.455. The Morgan fingerprint density at radius 1 is 1.41 bits per heavy atom. The zero-order chi connectivity index (χ0) is 11.6. The molecule has 0 saturated heterocycles. The first-order valence-electron chi connectivity index (χ1n) is 6.73. The molecule has 0 heterocycles. The topological polar surface area (TPSA) is 55.1 Å². The van der Waals surface area contributed by atoms with Gasteiger partial charge in [0.05, 0.1) is 5.41 Å². The van der Waals surface area contributed by atoms with Crippen molar-refractivity contribution < 1.29 is 4.79 Å². The van der Waals surface area contributed by atoms with Crippen LogP contribution in [0.25, 0.3) is 0 Å². The van der Waals surface area contributed by atoms with Gasteiger partial charge in [-0.2, -0.15) is 0 Å². The molecule has 17 heavy (non-hydrogen) atoms. The number of halogens is 1. The highest BCUT2D eigenvalue weighted by molar-refractivity contribution is 5.85. The standard InChI is InChI=1S/C13H24N2O.ClH/c1-2-5-10-8-11(10)15-12(16)13(9-14)6-3-4-7-13;/h10-11H,2-9,14H2,1H3,(H,15,16);1H. The van der Waals surface area contributed by atoms with Crippen LogP contribution in [0.2, 0.25) is 0 Å². The Balaban J connectivity index is 0.00000144. The molecule has 2 saturated carbocycles. The number of hydrogen-bond acceptors (Lipinski definition) is 2.